The maximum atomic E-state index is 4.44. The van der Waals surface area contributed by atoms with Gasteiger partial charge in [-0.15, -0.1) is 35.7 Å². The Kier molecular flexibility index (Phi) is 9.12. The van der Waals surface area contributed by atoms with E-state index in [1.807, 2.05) is 24.9 Å². The summed E-state index contributed by atoms with van der Waals surface area (Å²) in [6.07, 6.45) is 3.59. The lowest BCUT2D eigenvalue weighted by Crippen LogP contribution is -2.53. The Hall–Kier alpha value is -1.55. The van der Waals surface area contributed by atoms with Crippen molar-refractivity contribution in [3.8, 4) is 0 Å². The van der Waals surface area contributed by atoms with Gasteiger partial charge in [-0.05, 0) is 25.1 Å². The van der Waals surface area contributed by atoms with Crippen LogP contribution in [0.4, 0.5) is 5.95 Å². The van der Waals surface area contributed by atoms with Gasteiger partial charge in [-0.1, -0.05) is 17.7 Å². The summed E-state index contributed by atoms with van der Waals surface area (Å²) in [7, 11) is 1.85. The molecular weight excluding hydrogens is 471 g/mol. The fourth-order valence-electron chi connectivity index (χ4n) is 2.87. The zero-order chi connectivity index (χ0) is 18.2. The van der Waals surface area contributed by atoms with Gasteiger partial charge in [-0.3, -0.25) is 4.99 Å². The standard InChI is InChI=1S/C19H26N6S.HI/c1-16-4-6-17(7-5-16)26-15-10-23-18(20-2)24-11-13-25(14-12-24)19-21-8-3-9-22-19;/h3-9H,10-15H2,1-2H3,(H,20,23);1H. The van der Waals surface area contributed by atoms with Crippen molar-refractivity contribution in [1.82, 2.24) is 20.2 Å². The first-order chi connectivity index (χ1) is 12.8. The molecule has 2 aromatic rings. The fraction of sp³-hybridized carbons (Fsp3) is 0.421. The Labute approximate surface area is 182 Å². The molecule has 146 valence electrons. The van der Waals surface area contributed by atoms with E-state index in [4.69, 9.17) is 0 Å². The Morgan fingerprint density at radius 2 is 1.78 bits per heavy atom. The highest BCUT2D eigenvalue weighted by Crippen LogP contribution is 2.17. The minimum absolute atomic E-state index is 0. The SMILES string of the molecule is CN=C(NCCSc1ccc(C)cc1)N1CCN(c2ncccn2)CC1.I. The molecule has 3 rings (SSSR count). The van der Waals surface area contributed by atoms with E-state index in [2.05, 4.69) is 61.3 Å². The normalized spacial score (nSPS) is 14.7. The molecule has 27 heavy (non-hydrogen) atoms. The predicted molar refractivity (Wildman–Crippen MR) is 124 cm³/mol. The Balaban J connectivity index is 0.00000261. The number of thioether (sulfide) groups is 1. The van der Waals surface area contributed by atoms with Crippen molar-refractivity contribution in [3.63, 3.8) is 0 Å². The van der Waals surface area contributed by atoms with Gasteiger partial charge < -0.3 is 15.1 Å². The van der Waals surface area contributed by atoms with Crippen molar-refractivity contribution in [2.24, 2.45) is 4.99 Å². The van der Waals surface area contributed by atoms with Crippen LogP contribution in [0.5, 0.6) is 0 Å². The molecular formula is C19H27IN6S. The topological polar surface area (TPSA) is 56.7 Å². The second-order valence-electron chi connectivity index (χ2n) is 6.16. The van der Waals surface area contributed by atoms with Gasteiger partial charge in [0.05, 0.1) is 0 Å². The minimum Gasteiger partial charge on any atom is -0.355 e. The molecule has 0 aliphatic carbocycles. The monoisotopic (exact) mass is 498 g/mol. The predicted octanol–water partition coefficient (Wildman–Crippen LogP) is 2.89. The van der Waals surface area contributed by atoms with Gasteiger partial charge in [-0.25, -0.2) is 9.97 Å². The van der Waals surface area contributed by atoms with E-state index in [0.29, 0.717) is 0 Å². The van der Waals surface area contributed by atoms with Gasteiger partial charge in [0.25, 0.3) is 0 Å². The second-order valence-corrected chi connectivity index (χ2v) is 7.33. The van der Waals surface area contributed by atoms with Crippen LogP contribution < -0.4 is 10.2 Å². The minimum atomic E-state index is 0. The number of rotatable bonds is 5. The highest BCUT2D eigenvalue weighted by atomic mass is 127. The number of hydrogen-bond acceptors (Lipinski definition) is 5. The van der Waals surface area contributed by atoms with Crippen molar-refractivity contribution >= 4 is 47.6 Å². The first-order valence-corrected chi connectivity index (χ1v) is 9.92. The molecule has 1 aliphatic heterocycles. The zero-order valence-electron chi connectivity index (χ0n) is 15.8. The third-order valence-corrected chi connectivity index (χ3v) is 5.31. The van der Waals surface area contributed by atoms with Crippen molar-refractivity contribution < 1.29 is 0 Å². The van der Waals surface area contributed by atoms with E-state index >= 15 is 0 Å². The number of halogens is 1. The Morgan fingerprint density at radius 1 is 1.11 bits per heavy atom. The number of aryl methyl sites for hydroxylation is 1. The van der Waals surface area contributed by atoms with E-state index in [-0.39, 0.29) is 24.0 Å². The van der Waals surface area contributed by atoms with E-state index in [1.165, 1.54) is 10.5 Å². The van der Waals surface area contributed by atoms with E-state index in [1.54, 1.807) is 12.4 Å². The van der Waals surface area contributed by atoms with E-state index in [0.717, 1.165) is 50.4 Å². The smallest absolute Gasteiger partial charge is 0.225 e. The van der Waals surface area contributed by atoms with Crippen LogP contribution in [-0.2, 0) is 0 Å². The molecule has 0 amide bonds. The van der Waals surface area contributed by atoms with Gasteiger partial charge in [0.2, 0.25) is 5.95 Å². The summed E-state index contributed by atoms with van der Waals surface area (Å²) >= 11 is 1.87. The molecule has 0 unspecified atom stereocenters. The van der Waals surface area contributed by atoms with Crippen molar-refractivity contribution in [1.29, 1.82) is 0 Å². The summed E-state index contributed by atoms with van der Waals surface area (Å²) in [6.45, 7) is 6.66. The third kappa shape index (κ3) is 6.53. The molecule has 8 heteroatoms. The van der Waals surface area contributed by atoms with Crippen LogP contribution in [-0.4, -0.2) is 66.4 Å². The maximum absolute atomic E-state index is 4.44. The average molecular weight is 498 g/mol. The number of aromatic nitrogens is 2. The number of nitrogens with zero attached hydrogens (tertiary/aromatic N) is 5. The highest BCUT2D eigenvalue weighted by Gasteiger charge is 2.20. The van der Waals surface area contributed by atoms with Crippen LogP contribution in [0.1, 0.15) is 5.56 Å². The summed E-state index contributed by atoms with van der Waals surface area (Å²) < 4.78 is 0. The number of guanidine groups is 1. The van der Waals surface area contributed by atoms with Crippen molar-refractivity contribution in [2.45, 2.75) is 11.8 Å². The molecule has 1 aliphatic rings. The number of anilines is 1. The molecule has 0 bridgehead atoms. The molecule has 0 saturated carbocycles. The molecule has 2 heterocycles. The lowest BCUT2D eigenvalue weighted by molar-refractivity contribution is 0.371. The Morgan fingerprint density at radius 3 is 2.41 bits per heavy atom. The molecule has 0 atom stereocenters. The first kappa shape index (κ1) is 21.7. The lowest BCUT2D eigenvalue weighted by atomic mass is 10.2. The summed E-state index contributed by atoms with van der Waals surface area (Å²) in [5, 5.41) is 3.48. The summed E-state index contributed by atoms with van der Waals surface area (Å²) in [6, 6.07) is 10.5. The number of hydrogen-bond donors (Lipinski definition) is 1. The van der Waals surface area contributed by atoms with Gasteiger partial charge in [0, 0.05) is 62.8 Å². The Bertz CT molecular complexity index is 702. The van der Waals surface area contributed by atoms with E-state index < -0.39 is 0 Å². The van der Waals surface area contributed by atoms with Crippen molar-refractivity contribution in [3.05, 3.63) is 48.3 Å². The summed E-state index contributed by atoms with van der Waals surface area (Å²) in [5.74, 6) is 2.80. The number of aliphatic imine (C=N–C) groups is 1. The zero-order valence-corrected chi connectivity index (χ0v) is 19.0. The molecule has 6 nitrogen and oxygen atoms in total. The van der Waals surface area contributed by atoms with Gasteiger partial charge in [0.1, 0.15) is 0 Å². The second kappa shape index (κ2) is 11.3. The molecule has 1 N–H and O–H groups in total. The van der Waals surface area contributed by atoms with Crippen LogP contribution >= 0.6 is 35.7 Å². The number of piperazine rings is 1. The van der Waals surface area contributed by atoms with Gasteiger partial charge in [0.15, 0.2) is 5.96 Å². The van der Waals surface area contributed by atoms with Crippen LogP contribution in [0.3, 0.4) is 0 Å². The van der Waals surface area contributed by atoms with Gasteiger partial charge in [-0.2, -0.15) is 0 Å². The molecule has 1 aromatic carbocycles. The van der Waals surface area contributed by atoms with Crippen LogP contribution in [0, 0.1) is 6.92 Å². The molecule has 1 aromatic heterocycles. The third-order valence-electron chi connectivity index (χ3n) is 4.30. The van der Waals surface area contributed by atoms with Crippen LogP contribution in [0.25, 0.3) is 0 Å². The van der Waals surface area contributed by atoms with Crippen molar-refractivity contribution in [2.75, 3.05) is 50.4 Å². The van der Waals surface area contributed by atoms with Crippen LogP contribution in [0.2, 0.25) is 0 Å². The average Bonchev–Trinajstić information content (AvgIpc) is 2.70. The lowest BCUT2D eigenvalue weighted by Gasteiger charge is -2.36. The first-order valence-electron chi connectivity index (χ1n) is 8.93. The summed E-state index contributed by atoms with van der Waals surface area (Å²) in [4.78, 5) is 18.9. The maximum Gasteiger partial charge on any atom is 0.225 e. The van der Waals surface area contributed by atoms with Gasteiger partial charge >= 0.3 is 0 Å². The number of benzene rings is 1. The summed E-state index contributed by atoms with van der Waals surface area (Å²) in [5.41, 5.74) is 1.30. The van der Waals surface area contributed by atoms with E-state index in [9.17, 15) is 0 Å². The largest absolute Gasteiger partial charge is 0.355 e. The quantitative estimate of drug-likeness (QED) is 0.225. The fourth-order valence-corrected chi connectivity index (χ4v) is 3.64. The number of nitrogens with one attached hydrogen (secondary N) is 1. The molecule has 1 saturated heterocycles. The molecule has 0 radical (unpaired) electrons. The molecule has 1 fully saturated rings. The highest BCUT2D eigenvalue weighted by molar-refractivity contribution is 14.0. The molecule has 0 spiro atoms. The van der Waals surface area contributed by atoms with Crippen LogP contribution in [0.15, 0.2) is 52.6 Å².